The second-order valence-electron chi connectivity index (χ2n) is 7.95. The number of nitrogens with zero attached hydrogens (tertiary/aromatic N) is 3. The van der Waals surface area contributed by atoms with Crippen molar-refractivity contribution in [2.75, 3.05) is 25.1 Å². The first-order valence-electron chi connectivity index (χ1n) is 10.4. The van der Waals surface area contributed by atoms with Crippen molar-refractivity contribution >= 4 is 32.4 Å². The average Bonchev–Trinajstić information content (AvgIpc) is 3.13. The van der Waals surface area contributed by atoms with E-state index in [1.807, 2.05) is 13.0 Å². The first kappa shape index (κ1) is 20.2. The summed E-state index contributed by atoms with van der Waals surface area (Å²) in [7, 11) is -3.48. The maximum Gasteiger partial charge on any atom is 0.261 e. The van der Waals surface area contributed by atoms with E-state index in [-0.39, 0.29) is 16.5 Å². The summed E-state index contributed by atoms with van der Waals surface area (Å²) in [6.07, 6.45) is 4.25. The molecular weight excluding hydrogens is 418 g/mol. The van der Waals surface area contributed by atoms with Gasteiger partial charge in [-0.15, -0.1) is 0 Å². The number of pyridine rings is 1. The number of aromatic nitrogens is 3. The minimum absolute atomic E-state index is 0.0334. The third kappa shape index (κ3) is 3.54. The van der Waals surface area contributed by atoms with Crippen LogP contribution in [0.3, 0.4) is 0 Å². The van der Waals surface area contributed by atoms with E-state index in [1.165, 1.54) is 4.31 Å². The third-order valence-electron chi connectivity index (χ3n) is 5.91. The second kappa shape index (κ2) is 7.77. The highest BCUT2D eigenvalue weighted by molar-refractivity contribution is 7.89. The molecule has 1 radical (unpaired) electrons. The van der Waals surface area contributed by atoms with Gasteiger partial charge in [0.05, 0.1) is 17.0 Å². The Morgan fingerprint density at radius 2 is 2.03 bits per heavy atom. The Hall–Kier alpha value is -2.69. The molecule has 0 spiro atoms. The van der Waals surface area contributed by atoms with Gasteiger partial charge in [-0.3, -0.25) is 9.48 Å². The highest BCUT2D eigenvalue weighted by atomic mass is 32.2. The normalized spacial score (nSPS) is 20.6. The van der Waals surface area contributed by atoms with Crippen molar-refractivity contribution in [3.63, 3.8) is 0 Å². The van der Waals surface area contributed by atoms with Crippen molar-refractivity contribution in [1.82, 2.24) is 19.1 Å². The number of ether oxygens (including phenoxy) is 1. The molecule has 4 heterocycles. The van der Waals surface area contributed by atoms with Gasteiger partial charge in [0.1, 0.15) is 11.4 Å². The van der Waals surface area contributed by atoms with Gasteiger partial charge in [0, 0.05) is 31.1 Å². The molecule has 1 aromatic carbocycles. The fourth-order valence-electron chi connectivity index (χ4n) is 4.05. The zero-order valence-electron chi connectivity index (χ0n) is 17.2. The number of rotatable bonds is 5. The molecule has 0 saturated carbocycles. The highest BCUT2D eigenvalue weighted by Crippen LogP contribution is 2.30. The van der Waals surface area contributed by atoms with Crippen molar-refractivity contribution in [3.8, 4) is 0 Å². The highest BCUT2D eigenvalue weighted by Gasteiger charge is 2.35. The summed E-state index contributed by atoms with van der Waals surface area (Å²) >= 11 is 0. The van der Waals surface area contributed by atoms with Crippen molar-refractivity contribution in [2.45, 2.75) is 37.1 Å². The molecule has 163 valence electrons. The van der Waals surface area contributed by atoms with E-state index in [1.54, 1.807) is 35.1 Å². The second-order valence-corrected chi connectivity index (χ2v) is 9.84. The smallest absolute Gasteiger partial charge is 0.261 e. The summed E-state index contributed by atoms with van der Waals surface area (Å²) in [5.41, 5.74) is 1.11. The van der Waals surface area contributed by atoms with Crippen molar-refractivity contribution in [1.29, 1.82) is 0 Å². The first-order valence-corrected chi connectivity index (χ1v) is 11.8. The molecule has 1 atom stereocenters. The van der Waals surface area contributed by atoms with Crippen molar-refractivity contribution in [2.24, 2.45) is 0 Å². The maximum absolute atomic E-state index is 12.7. The lowest BCUT2D eigenvalue weighted by molar-refractivity contribution is 0.103. The lowest BCUT2D eigenvalue weighted by Crippen LogP contribution is -2.49. The molecule has 1 unspecified atom stereocenters. The maximum atomic E-state index is 12.7. The summed E-state index contributed by atoms with van der Waals surface area (Å²) in [6, 6.07) is 9.39. The van der Waals surface area contributed by atoms with Gasteiger partial charge >= 0.3 is 0 Å². The molecule has 31 heavy (non-hydrogen) atoms. The summed E-state index contributed by atoms with van der Waals surface area (Å²) in [5.74, 6) is 0.418. The monoisotopic (exact) mass is 442 g/mol. The predicted octanol–water partition coefficient (Wildman–Crippen LogP) is 2.44. The van der Waals surface area contributed by atoms with Crippen LogP contribution in [0, 0.1) is 6.04 Å². The summed E-state index contributed by atoms with van der Waals surface area (Å²) < 4.78 is 34.3. The molecule has 10 heteroatoms. The molecule has 9 nitrogen and oxygen atoms in total. The van der Waals surface area contributed by atoms with Gasteiger partial charge in [-0.25, -0.2) is 8.42 Å². The summed E-state index contributed by atoms with van der Waals surface area (Å²) in [6.45, 7) is 3.66. The van der Waals surface area contributed by atoms with E-state index in [9.17, 15) is 13.2 Å². The zero-order valence-corrected chi connectivity index (χ0v) is 18.0. The van der Waals surface area contributed by atoms with Crippen LogP contribution in [0.2, 0.25) is 0 Å². The van der Waals surface area contributed by atoms with Crippen molar-refractivity contribution in [3.05, 3.63) is 52.9 Å². The number of nitrogens with one attached hydrogen (secondary N) is 2. The van der Waals surface area contributed by atoms with Gasteiger partial charge in [-0.1, -0.05) is 0 Å². The number of H-pyrrole nitrogens is 1. The summed E-state index contributed by atoms with van der Waals surface area (Å²) in [4.78, 5) is 15.5. The molecule has 2 aliphatic heterocycles. The number of sulfonamides is 1. The fourth-order valence-corrected chi connectivity index (χ4v) is 5.72. The van der Waals surface area contributed by atoms with Gasteiger partial charge in [-0.05, 0) is 56.5 Å². The van der Waals surface area contributed by atoms with E-state index in [4.69, 9.17) is 4.74 Å². The minimum Gasteiger partial charge on any atom is -0.379 e. The van der Waals surface area contributed by atoms with Gasteiger partial charge in [0.2, 0.25) is 10.0 Å². The number of hydrogen-bond donors (Lipinski definition) is 2. The van der Waals surface area contributed by atoms with Crippen LogP contribution in [0.1, 0.15) is 26.2 Å². The van der Waals surface area contributed by atoms with E-state index in [0.717, 1.165) is 31.9 Å². The number of hydrogen-bond acceptors (Lipinski definition) is 6. The van der Waals surface area contributed by atoms with Gasteiger partial charge in [0.25, 0.3) is 5.56 Å². The van der Waals surface area contributed by atoms with Crippen LogP contribution in [0.4, 0.5) is 11.5 Å². The van der Waals surface area contributed by atoms with Crippen LogP contribution in [0.15, 0.2) is 46.2 Å². The Labute approximate surface area is 180 Å². The Balaban J connectivity index is 1.46. The van der Waals surface area contributed by atoms with E-state index >= 15 is 0 Å². The van der Waals surface area contributed by atoms with E-state index in [2.05, 4.69) is 15.4 Å². The molecule has 2 N–H and O–H groups in total. The molecule has 0 aliphatic carbocycles. The van der Waals surface area contributed by atoms with Gasteiger partial charge in [-0.2, -0.15) is 9.40 Å². The van der Waals surface area contributed by atoms with Crippen LogP contribution in [0.5, 0.6) is 0 Å². The number of aromatic amines is 1. The average molecular weight is 443 g/mol. The van der Waals surface area contributed by atoms with Crippen LogP contribution in [0.25, 0.3) is 10.9 Å². The quantitative estimate of drug-likeness (QED) is 0.628. The number of benzene rings is 1. The topological polar surface area (TPSA) is 109 Å². The van der Waals surface area contributed by atoms with Crippen LogP contribution < -0.4 is 10.9 Å². The summed E-state index contributed by atoms with van der Waals surface area (Å²) in [5, 5.41) is 8.27. The van der Waals surface area contributed by atoms with Crippen LogP contribution in [-0.4, -0.2) is 53.3 Å². The Kier molecular flexibility index (Phi) is 5.07. The molecule has 2 fully saturated rings. The molecule has 3 aromatic rings. The number of anilines is 2. The molecule has 2 saturated heterocycles. The Morgan fingerprint density at radius 3 is 2.68 bits per heavy atom. The fraction of sp³-hybridized carbons (Fsp3) is 0.381. The van der Waals surface area contributed by atoms with E-state index in [0.29, 0.717) is 35.6 Å². The molecule has 0 amide bonds. The molecular formula is C21H24N5O4S. The first-order chi connectivity index (χ1) is 14.9. The lowest BCUT2D eigenvalue weighted by atomic mass is 10.1. The zero-order chi connectivity index (χ0) is 21.6. The van der Waals surface area contributed by atoms with E-state index < -0.39 is 10.0 Å². The van der Waals surface area contributed by atoms with Crippen molar-refractivity contribution < 1.29 is 13.2 Å². The van der Waals surface area contributed by atoms with Crippen LogP contribution >= 0.6 is 0 Å². The van der Waals surface area contributed by atoms with Gasteiger partial charge < -0.3 is 15.0 Å². The Morgan fingerprint density at radius 1 is 1.23 bits per heavy atom. The predicted molar refractivity (Wildman–Crippen MR) is 117 cm³/mol. The Bertz CT molecular complexity index is 1260. The number of fused-ring (bicyclic) bond motifs is 1. The third-order valence-corrected chi connectivity index (χ3v) is 7.94. The van der Waals surface area contributed by atoms with Crippen LogP contribution in [-0.2, 0) is 14.8 Å². The lowest BCUT2D eigenvalue weighted by Gasteiger charge is -2.37. The molecule has 2 aliphatic rings. The standard InChI is InChI=1S/C21H24N5O4S/c1-14-9-11-25(14)31(28,29)17-6-4-15(5-7-17)23-20-19-18(8-10-22-21(19)27)26(24-20)16-3-2-12-30-13-16/h4-8,10,14H,2-3,9,11-13H2,1H3,(H,22,27)(H,23,24). The largest absolute Gasteiger partial charge is 0.379 e. The van der Waals surface area contributed by atoms with Gasteiger partial charge in [0.15, 0.2) is 5.82 Å². The molecule has 2 aromatic heterocycles. The minimum atomic E-state index is -3.48. The SMILES string of the molecule is CC1CCN1S(=O)(=O)c1ccc(Nc2nn([C]3CCCOC3)c3cc[nH]c(=O)c23)cc1. The molecule has 5 rings (SSSR count). The molecule has 0 bridgehead atoms.